The number of nitrogens with zero attached hydrogens (tertiary/aromatic N) is 3. The average Bonchev–Trinajstić information content (AvgIpc) is 3.25. The number of carbonyl (C=O) groups is 1. The van der Waals surface area contributed by atoms with Gasteiger partial charge in [0.25, 0.3) is 5.91 Å². The highest BCUT2D eigenvalue weighted by Crippen LogP contribution is 2.31. The Labute approximate surface area is 195 Å². The van der Waals surface area contributed by atoms with E-state index in [2.05, 4.69) is 11.0 Å². The van der Waals surface area contributed by atoms with E-state index in [1.54, 1.807) is 29.2 Å². The van der Waals surface area contributed by atoms with Crippen LogP contribution in [0.5, 0.6) is 0 Å². The van der Waals surface area contributed by atoms with Crippen LogP contribution in [0.1, 0.15) is 22.5 Å². The predicted molar refractivity (Wildman–Crippen MR) is 130 cm³/mol. The number of benzene rings is 2. The van der Waals surface area contributed by atoms with Crippen molar-refractivity contribution >= 4 is 43.6 Å². The molecule has 2 aromatic carbocycles. The van der Waals surface area contributed by atoms with Crippen molar-refractivity contribution in [3.8, 4) is 0 Å². The number of hydrogen-bond acceptors (Lipinski definition) is 7. The quantitative estimate of drug-likeness (QED) is 0.429. The Hall–Kier alpha value is -3.07. The van der Waals surface area contributed by atoms with Gasteiger partial charge in [-0.3, -0.25) is 19.4 Å². The topological polar surface area (TPSA) is 75.9 Å². The lowest BCUT2D eigenvalue weighted by Gasteiger charge is -2.27. The van der Waals surface area contributed by atoms with Crippen molar-refractivity contribution in [1.82, 2.24) is 9.88 Å². The molecule has 0 aliphatic carbocycles. The first kappa shape index (κ1) is 21.8. The van der Waals surface area contributed by atoms with Crippen LogP contribution in [0.25, 0.3) is 21.2 Å². The lowest BCUT2D eigenvalue weighted by molar-refractivity contribution is 0.0376. The fourth-order valence-corrected chi connectivity index (χ4v) is 5.13. The molecule has 0 atom stereocenters. The first-order chi connectivity index (χ1) is 16.1. The van der Waals surface area contributed by atoms with E-state index in [0.717, 1.165) is 55.0 Å². The van der Waals surface area contributed by atoms with Crippen LogP contribution in [-0.2, 0) is 4.74 Å². The maximum Gasteiger partial charge on any atom is 0.295 e. The molecule has 8 heteroatoms. The van der Waals surface area contributed by atoms with Crippen molar-refractivity contribution in [2.75, 3.05) is 44.3 Å². The second kappa shape index (κ2) is 9.43. The zero-order valence-electron chi connectivity index (χ0n) is 18.5. The second-order valence-corrected chi connectivity index (χ2v) is 9.21. The first-order valence-electron chi connectivity index (χ1n) is 11.1. The summed E-state index contributed by atoms with van der Waals surface area (Å²) in [5.74, 6) is -0.323. The number of morpholine rings is 1. The second-order valence-electron chi connectivity index (χ2n) is 8.20. The van der Waals surface area contributed by atoms with Crippen molar-refractivity contribution < 1.29 is 13.9 Å². The molecule has 0 radical (unpaired) electrons. The van der Waals surface area contributed by atoms with Gasteiger partial charge in [0.15, 0.2) is 16.3 Å². The summed E-state index contributed by atoms with van der Waals surface area (Å²) in [6, 6.07) is 14.3. The van der Waals surface area contributed by atoms with Crippen molar-refractivity contribution in [1.29, 1.82) is 0 Å². The molecule has 33 heavy (non-hydrogen) atoms. The van der Waals surface area contributed by atoms with Crippen LogP contribution < -0.4 is 10.3 Å². The van der Waals surface area contributed by atoms with Gasteiger partial charge in [-0.15, -0.1) is 0 Å². The molecule has 0 unspecified atom stereocenters. The highest BCUT2D eigenvalue weighted by atomic mass is 32.1. The Morgan fingerprint density at radius 1 is 1.15 bits per heavy atom. The first-order valence-corrected chi connectivity index (χ1v) is 11.9. The van der Waals surface area contributed by atoms with E-state index >= 15 is 0 Å². The molecule has 7 nitrogen and oxygen atoms in total. The summed E-state index contributed by atoms with van der Waals surface area (Å²) in [7, 11) is 0. The van der Waals surface area contributed by atoms with Crippen molar-refractivity contribution in [2.45, 2.75) is 13.3 Å². The van der Waals surface area contributed by atoms with Gasteiger partial charge in [0, 0.05) is 32.2 Å². The van der Waals surface area contributed by atoms with E-state index in [9.17, 15) is 9.59 Å². The summed E-state index contributed by atoms with van der Waals surface area (Å²) >= 11 is 1.48. The van der Waals surface area contributed by atoms with Crippen LogP contribution in [-0.4, -0.2) is 55.2 Å². The van der Waals surface area contributed by atoms with Gasteiger partial charge in [-0.25, -0.2) is 4.98 Å². The van der Waals surface area contributed by atoms with Gasteiger partial charge in [0.1, 0.15) is 5.58 Å². The van der Waals surface area contributed by atoms with Gasteiger partial charge >= 0.3 is 0 Å². The Balaban J connectivity index is 1.46. The van der Waals surface area contributed by atoms with Crippen LogP contribution >= 0.6 is 11.3 Å². The predicted octanol–water partition coefficient (Wildman–Crippen LogP) is 4.08. The van der Waals surface area contributed by atoms with E-state index in [1.165, 1.54) is 17.4 Å². The number of fused-ring (bicyclic) bond motifs is 2. The molecule has 1 aliphatic heterocycles. The van der Waals surface area contributed by atoms with Gasteiger partial charge in [-0.2, -0.15) is 0 Å². The number of anilines is 1. The molecule has 0 spiro atoms. The summed E-state index contributed by atoms with van der Waals surface area (Å²) in [6.45, 7) is 6.64. The zero-order chi connectivity index (χ0) is 22.8. The third kappa shape index (κ3) is 4.68. The Morgan fingerprint density at radius 2 is 1.97 bits per heavy atom. The smallest absolute Gasteiger partial charge is 0.295 e. The number of thiazole rings is 1. The number of ether oxygens (including phenoxy) is 1. The minimum atomic E-state index is -0.351. The number of para-hydroxylation sites is 1. The molecule has 1 fully saturated rings. The summed E-state index contributed by atoms with van der Waals surface area (Å²) in [6.07, 6.45) is 0.776. The third-order valence-corrected chi connectivity index (χ3v) is 6.86. The lowest BCUT2D eigenvalue weighted by atomic mass is 10.2. The highest BCUT2D eigenvalue weighted by molar-refractivity contribution is 7.22. The number of aromatic nitrogens is 1. The maximum atomic E-state index is 13.6. The van der Waals surface area contributed by atoms with E-state index in [-0.39, 0.29) is 17.1 Å². The molecule has 0 bridgehead atoms. The SMILES string of the molecule is Cc1ccc2nc(N(CCCN3CCOCC3)C(=O)c3cc(=O)c4ccccc4o3)sc2c1. The number of aryl methyl sites for hydroxylation is 1. The molecular formula is C25H25N3O4S. The van der Waals surface area contributed by atoms with Crippen molar-refractivity contribution in [3.05, 3.63) is 70.1 Å². The van der Waals surface area contributed by atoms with Gasteiger partial charge in [0.05, 0.1) is 28.8 Å². The summed E-state index contributed by atoms with van der Waals surface area (Å²) in [5.41, 5.74) is 2.17. The molecule has 170 valence electrons. The number of carbonyl (C=O) groups excluding carboxylic acids is 1. The molecule has 2 aromatic heterocycles. The standard InChI is InChI=1S/C25H25N3O4S/c1-17-7-8-19-23(15-17)33-25(26-19)28(10-4-9-27-11-13-31-14-12-27)24(30)22-16-20(29)18-5-2-3-6-21(18)32-22/h2-3,5-8,15-16H,4,9-14H2,1H3. The molecule has 3 heterocycles. The molecule has 0 N–H and O–H groups in total. The van der Waals surface area contributed by atoms with Gasteiger partial charge in [-0.05, 0) is 43.2 Å². The van der Waals surface area contributed by atoms with Crippen LogP contribution in [0.2, 0.25) is 0 Å². The van der Waals surface area contributed by atoms with Crippen LogP contribution in [0.15, 0.2) is 57.7 Å². The fraction of sp³-hybridized carbons (Fsp3) is 0.320. The molecule has 4 aromatic rings. The number of amides is 1. The van der Waals surface area contributed by atoms with E-state index in [0.29, 0.717) is 22.6 Å². The monoisotopic (exact) mass is 463 g/mol. The van der Waals surface area contributed by atoms with E-state index < -0.39 is 0 Å². The Morgan fingerprint density at radius 3 is 2.82 bits per heavy atom. The van der Waals surface area contributed by atoms with Crippen LogP contribution in [0, 0.1) is 6.92 Å². The van der Waals surface area contributed by atoms with Gasteiger partial charge in [-0.1, -0.05) is 29.5 Å². The molecule has 1 saturated heterocycles. The number of hydrogen-bond donors (Lipinski definition) is 0. The van der Waals surface area contributed by atoms with Crippen molar-refractivity contribution in [3.63, 3.8) is 0 Å². The molecule has 5 rings (SSSR count). The normalized spacial score (nSPS) is 14.7. The molecule has 1 aliphatic rings. The Bertz CT molecular complexity index is 1360. The minimum Gasteiger partial charge on any atom is -0.451 e. The zero-order valence-corrected chi connectivity index (χ0v) is 19.3. The Kier molecular flexibility index (Phi) is 6.22. The van der Waals surface area contributed by atoms with E-state index in [4.69, 9.17) is 14.1 Å². The largest absolute Gasteiger partial charge is 0.451 e. The number of rotatable bonds is 6. The lowest BCUT2D eigenvalue weighted by Crippen LogP contribution is -2.39. The maximum absolute atomic E-state index is 13.6. The van der Waals surface area contributed by atoms with E-state index in [1.807, 2.05) is 19.1 Å². The highest BCUT2D eigenvalue weighted by Gasteiger charge is 2.24. The van der Waals surface area contributed by atoms with Crippen molar-refractivity contribution in [2.24, 2.45) is 0 Å². The summed E-state index contributed by atoms with van der Waals surface area (Å²) < 4.78 is 12.3. The molecule has 1 amide bonds. The summed E-state index contributed by atoms with van der Waals surface area (Å²) in [5, 5.41) is 1.07. The minimum absolute atomic E-state index is 0.0282. The average molecular weight is 464 g/mol. The summed E-state index contributed by atoms with van der Waals surface area (Å²) in [4.78, 5) is 34.9. The molecular weight excluding hydrogens is 438 g/mol. The third-order valence-electron chi connectivity index (χ3n) is 5.81. The van der Waals surface area contributed by atoms with Gasteiger partial charge < -0.3 is 9.15 Å². The molecule has 0 saturated carbocycles. The van der Waals surface area contributed by atoms with Crippen LogP contribution in [0.3, 0.4) is 0 Å². The van der Waals surface area contributed by atoms with Gasteiger partial charge in [0.2, 0.25) is 0 Å². The fourth-order valence-electron chi connectivity index (χ4n) is 4.04. The van der Waals surface area contributed by atoms with Crippen LogP contribution in [0.4, 0.5) is 5.13 Å².